The summed E-state index contributed by atoms with van der Waals surface area (Å²) in [5.74, 6) is -0.186. The van der Waals surface area contributed by atoms with Crippen LogP contribution >= 0.6 is 22.9 Å². The molecule has 170 valence electrons. The molecule has 1 aliphatic rings. The van der Waals surface area contributed by atoms with Crippen molar-refractivity contribution in [1.29, 1.82) is 0 Å². The van der Waals surface area contributed by atoms with Crippen molar-refractivity contribution in [2.45, 2.75) is 82.0 Å². The van der Waals surface area contributed by atoms with E-state index in [9.17, 15) is 20.1 Å². The molecule has 0 amide bonds. The van der Waals surface area contributed by atoms with E-state index >= 15 is 0 Å². The first-order valence-electron chi connectivity index (χ1n) is 10.9. The summed E-state index contributed by atoms with van der Waals surface area (Å²) >= 11 is 7.98. The fourth-order valence-corrected chi connectivity index (χ4v) is 5.56. The van der Waals surface area contributed by atoms with Crippen LogP contribution in [0.4, 0.5) is 0 Å². The summed E-state index contributed by atoms with van der Waals surface area (Å²) in [5, 5.41) is 29.9. The number of aliphatic hydroxyl groups excluding tert-OH is 3. The average molecular weight is 459 g/mol. The number of thiophene rings is 1. The van der Waals surface area contributed by atoms with E-state index in [0.717, 1.165) is 43.4 Å². The van der Waals surface area contributed by atoms with E-state index in [1.165, 1.54) is 18.4 Å². The number of hydrogen-bond acceptors (Lipinski definition) is 6. The molecule has 0 aliphatic heterocycles. The van der Waals surface area contributed by atoms with Crippen molar-refractivity contribution < 1.29 is 24.9 Å². The number of methoxy groups -OCH3 is 1. The second kappa shape index (κ2) is 12.8. The molecule has 1 aromatic rings. The zero-order valence-electron chi connectivity index (χ0n) is 17.9. The molecule has 3 N–H and O–H groups in total. The Morgan fingerprint density at radius 3 is 2.73 bits per heavy atom. The molecule has 0 bridgehead atoms. The smallest absolute Gasteiger partial charge is 0.348 e. The lowest BCUT2D eigenvalue weighted by molar-refractivity contribution is 0.0606. The number of esters is 1. The zero-order chi connectivity index (χ0) is 22.1. The van der Waals surface area contributed by atoms with Gasteiger partial charge in [0.15, 0.2) is 0 Å². The van der Waals surface area contributed by atoms with Crippen LogP contribution in [-0.4, -0.2) is 52.1 Å². The van der Waals surface area contributed by atoms with E-state index in [2.05, 4.69) is 0 Å². The molecule has 1 aliphatic carbocycles. The number of unbranched alkanes of at least 4 members (excludes halogenated alkanes) is 1. The van der Waals surface area contributed by atoms with Gasteiger partial charge in [-0.1, -0.05) is 25.0 Å². The molecule has 2 rings (SSSR count). The molecule has 5 nitrogen and oxygen atoms in total. The second-order valence-electron chi connectivity index (χ2n) is 8.30. The first-order chi connectivity index (χ1) is 14.3. The van der Waals surface area contributed by atoms with Crippen molar-refractivity contribution in [2.75, 3.05) is 7.11 Å². The van der Waals surface area contributed by atoms with Gasteiger partial charge in [0.05, 0.1) is 25.4 Å². The lowest BCUT2D eigenvalue weighted by Crippen LogP contribution is -2.19. The number of halogens is 1. The summed E-state index contributed by atoms with van der Waals surface area (Å²) in [6, 6.07) is 3.76. The number of hydrogen-bond donors (Lipinski definition) is 3. The number of rotatable bonds is 12. The summed E-state index contributed by atoms with van der Waals surface area (Å²) in [4.78, 5) is 13.3. The lowest BCUT2D eigenvalue weighted by Gasteiger charge is -2.21. The van der Waals surface area contributed by atoms with Crippen LogP contribution in [0.15, 0.2) is 24.3 Å². The minimum absolute atomic E-state index is 0.0476. The Hall–Kier alpha value is -0.920. The molecule has 7 heteroatoms. The van der Waals surface area contributed by atoms with E-state index in [0.29, 0.717) is 17.7 Å². The van der Waals surface area contributed by atoms with Crippen LogP contribution < -0.4 is 0 Å². The predicted octanol–water partition coefficient (Wildman–Crippen LogP) is 4.32. The molecule has 1 saturated carbocycles. The van der Waals surface area contributed by atoms with Crippen molar-refractivity contribution in [3.05, 3.63) is 34.0 Å². The van der Waals surface area contributed by atoms with Gasteiger partial charge in [-0.25, -0.2) is 4.79 Å². The van der Waals surface area contributed by atoms with Crippen molar-refractivity contribution >= 4 is 28.9 Å². The second-order valence-corrected chi connectivity index (χ2v) is 10.0. The third kappa shape index (κ3) is 7.97. The average Bonchev–Trinajstić information content (AvgIpc) is 3.27. The van der Waals surface area contributed by atoms with Crippen LogP contribution in [0.2, 0.25) is 0 Å². The molecule has 1 fully saturated rings. The molecule has 1 aromatic heterocycles. The quantitative estimate of drug-likeness (QED) is 0.188. The highest BCUT2D eigenvalue weighted by Gasteiger charge is 2.39. The number of carbonyl (C=O) groups is 1. The Bertz CT molecular complexity index is 674. The SMILES string of the molecule is COC(=O)c1ccc(CCC[C@@H]2[C@@H](C=C[C@H](O)CCCC[C@@H](C)O)[C@H](O)C[C@H]2Cl)s1. The Morgan fingerprint density at radius 1 is 1.30 bits per heavy atom. The first kappa shape index (κ1) is 25.3. The largest absolute Gasteiger partial charge is 0.465 e. The Balaban J connectivity index is 1.82. The fourth-order valence-electron chi connectivity index (χ4n) is 4.11. The third-order valence-electron chi connectivity index (χ3n) is 5.81. The van der Waals surface area contributed by atoms with E-state index < -0.39 is 12.2 Å². The van der Waals surface area contributed by atoms with Crippen LogP contribution in [0, 0.1) is 11.8 Å². The van der Waals surface area contributed by atoms with E-state index in [-0.39, 0.29) is 29.3 Å². The highest BCUT2D eigenvalue weighted by atomic mass is 35.5. The number of aliphatic hydroxyl groups is 3. The molecular weight excluding hydrogens is 424 g/mol. The molecule has 0 unspecified atom stereocenters. The van der Waals surface area contributed by atoms with Crippen molar-refractivity contribution in [2.24, 2.45) is 11.8 Å². The van der Waals surface area contributed by atoms with Gasteiger partial charge in [0.1, 0.15) is 4.88 Å². The lowest BCUT2D eigenvalue weighted by atomic mass is 9.89. The fraction of sp³-hybridized carbons (Fsp3) is 0.696. The molecule has 0 aromatic carbocycles. The van der Waals surface area contributed by atoms with Gasteiger partial charge in [-0.15, -0.1) is 22.9 Å². The number of aryl methyl sites for hydroxylation is 1. The maximum absolute atomic E-state index is 11.6. The monoisotopic (exact) mass is 458 g/mol. The van der Waals surface area contributed by atoms with Gasteiger partial charge in [0, 0.05) is 16.2 Å². The topological polar surface area (TPSA) is 87.0 Å². The molecule has 0 radical (unpaired) electrons. The number of alkyl halides is 1. The molecule has 1 heterocycles. The van der Waals surface area contributed by atoms with Gasteiger partial charge < -0.3 is 20.1 Å². The third-order valence-corrected chi connectivity index (χ3v) is 7.43. The summed E-state index contributed by atoms with van der Waals surface area (Å²) in [7, 11) is 1.38. The van der Waals surface area contributed by atoms with Crippen molar-refractivity contribution in [1.82, 2.24) is 0 Å². The van der Waals surface area contributed by atoms with Gasteiger partial charge in [-0.05, 0) is 63.5 Å². The summed E-state index contributed by atoms with van der Waals surface area (Å²) in [6.45, 7) is 1.77. The molecular formula is C23H35ClO5S. The highest BCUT2D eigenvalue weighted by molar-refractivity contribution is 7.13. The Labute approximate surface area is 188 Å². The van der Waals surface area contributed by atoms with E-state index in [4.69, 9.17) is 16.3 Å². The minimum atomic E-state index is -0.538. The van der Waals surface area contributed by atoms with E-state index in [1.807, 2.05) is 12.1 Å². The van der Waals surface area contributed by atoms with Crippen LogP contribution in [0.1, 0.15) is 66.4 Å². The zero-order valence-corrected chi connectivity index (χ0v) is 19.4. The maximum atomic E-state index is 11.6. The van der Waals surface area contributed by atoms with Crippen LogP contribution in [0.25, 0.3) is 0 Å². The number of ether oxygens (including phenoxy) is 1. The standard InChI is InChI=1S/C23H35ClO5S/c1-15(25)6-3-4-7-16(26)10-12-19-18(20(24)14-21(19)27)9-5-8-17-11-13-22(30-17)23(28)29-2/h10-13,15-16,18-21,25-27H,3-9,14H2,1-2H3/t15-,16-,18-,19-,20-,21-/m1/s1. The van der Waals surface area contributed by atoms with Crippen molar-refractivity contribution in [3.63, 3.8) is 0 Å². The molecule has 6 atom stereocenters. The maximum Gasteiger partial charge on any atom is 0.348 e. The van der Waals surface area contributed by atoms with Gasteiger partial charge >= 0.3 is 5.97 Å². The van der Waals surface area contributed by atoms with Crippen LogP contribution in [0.5, 0.6) is 0 Å². The Kier molecular flexibility index (Phi) is 10.8. The molecule has 0 spiro atoms. The van der Waals surface area contributed by atoms with Gasteiger partial charge in [0.25, 0.3) is 0 Å². The van der Waals surface area contributed by atoms with Crippen LogP contribution in [-0.2, 0) is 11.2 Å². The Morgan fingerprint density at radius 2 is 2.03 bits per heavy atom. The summed E-state index contributed by atoms with van der Waals surface area (Å²) < 4.78 is 4.75. The normalized spacial score (nSPS) is 26.2. The summed E-state index contributed by atoms with van der Waals surface area (Å²) in [5.41, 5.74) is 0. The van der Waals surface area contributed by atoms with Crippen LogP contribution in [0.3, 0.4) is 0 Å². The van der Waals surface area contributed by atoms with Gasteiger partial charge in [0.2, 0.25) is 0 Å². The predicted molar refractivity (Wildman–Crippen MR) is 121 cm³/mol. The summed E-state index contributed by atoms with van der Waals surface area (Å²) in [6.07, 6.45) is 8.81. The first-order valence-corrected chi connectivity index (χ1v) is 12.1. The highest BCUT2D eigenvalue weighted by Crippen LogP contribution is 2.40. The molecule has 0 saturated heterocycles. The number of carbonyl (C=O) groups excluding carboxylic acids is 1. The van der Waals surface area contributed by atoms with Crippen molar-refractivity contribution in [3.8, 4) is 0 Å². The van der Waals surface area contributed by atoms with Gasteiger partial charge in [-0.3, -0.25) is 0 Å². The molecule has 30 heavy (non-hydrogen) atoms. The minimum Gasteiger partial charge on any atom is -0.465 e. The van der Waals surface area contributed by atoms with E-state index in [1.54, 1.807) is 19.1 Å². The van der Waals surface area contributed by atoms with Gasteiger partial charge in [-0.2, -0.15) is 0 Å².